The maximum atomic E-state index is 13.1. The van der Waals surface area contributed by atoms with E-state index in [1.54, 1.807) is 12.1 Å². The number of hydrogen-bond acceptors (Lipinski definition) is 3. The number of fused-ring (bicyclic) bond motifs is 1. The number of nitrogen functional groups attached to an aromatic ring is 1. The van der Waals surface area contributed by atoms with E-state index < -0.39 is 17.6 Å². The topological polar surface area (TPSA) is 58.4 Å². The molecule has 0 aliphatic carbocycles. The molecular weight excluding hydrogens is 402 g/mol. The van der Waals surface area contributed by atoms with Gasteiger partial charge >= 0.3 is 6.18 Å². The van der Waals surface area contributed by atoms with E-state index in [2.05, 4.69) is 5.32 Å². The summed E-state index contributed by atoms with van der Waals surface area (Å²) in [6, 6.07) is 8.72. The first-order valence-corrected chi connectivity index (χ1v) is 8.42. The summed E-state index contributed by atoms with van der Waals surface area (Å²) in [4.78, 5) is 14.2. The highest BCUT2D eigenvalue weighted by Crippen LogP contribution is 2.36. The zero-order valence-electron chi connectivity index (χ0n) is 14.1. The smallest absolute Gasteiger partial charge is 0.398 e. The van der Waals surface area contributed by atoms with E-state index in [-0.39, 0.29) is 29.7 Å². The molecule has 2 aromatic rings. The third kappa shape index (κ3) is 4.78. The predicted octanol–water partition coefficient (Wildman–Crippen LogP) is 4.75. The van der Waals surface area contributed by atoms with Crippen LogP contribution in [0.25, 0.3) is 0 Å². The molecule has 1 aliphatic rings. The van der Waals surface area contributed by atoms with Crippen molar-refractivity contribution in [2.24, 2.45) is 0 Å². The third-order valence-electron chi connectivity index (χ3n) is 4.28. The maximum Gasteiger partial charge on any atom is 0.418 e. The van der Waals surface area contributed by atoms with Gasteiger partial charge in [-0.05, 0) is 48.7 Å². The molecule has 3 N–H and O–H groups in total. The molecule has 4 nitrogen and oxygen atoms in total. The zero-order chi connectivity index (χ0) is 18.9. The lowest BCUT2D eigenvalue weighted by Gasteiger charge is -2.31. The Hall–Kier alpha value is -2.12. The first-order valence-electron chi connectivity index (χ1n) is 8.04. The summed E-state index contributed by atoms with van der Waals surface area (Å²) < 4.78 is 39.4. The van der Waals surface area contributed by atoms with Crippen LogP contribution in [0.3, 0.4) is 0 Å². The fourth-order valence-electron chi connectivity index (χ4n) is 3.12. The van der Waals surface area contributed by atoms with Gasteiger partial charge in [0.2, 0.25) is 5.91 Å². The zero-order valence-corrected chi connectivity index (χ0v) is 15.7. The fraction of sp³-hybridized carbons (Fsp3) is 0.278. The van der Waals surface area contributed by atoms with Crippen LogP contribution in [0, 0.1) is 0 Å². The monoisotopic (exact) mass is 419 g/mol. The molecule has 0 saturated heterocycles. The van der Waals surface area contributed by atoms with Crippen LogP contribution in [0.2, 0.25) is 5.02 Å². The van der Waals surface area contributed by atoms with Gasteiger partial charge in [0.15, 0.2) is 0 Å². The summed E-state index contributed by atoms with van der Waals surface area (Å²) in [5.74, 6) is -0.534. The molecule has 0 bridgehead atoms. The van der Waals surface area contributed by atoms with Crippen LogP contribution in [-0.2, 0) is 17.4 Å². The van der Waals surface area contributed by atoms with Crippen molar-refractivity contribution in [3.05, 3.63) is 52.5 Å². The van der Waals surface area contributed by atoms with Gasteiger partial charge in [-0.25, -0.2) is 0 Å². The quantitative estimate of drug-likeness (QED) is 0.705. The van der Waals surface area contributed by atoms with Crippen molar-refractivity contribution in [2.75, 3.05) is 29.0 Å². The number of benzene rings is 2. The first-order chi connectivity index (χ1) is 12.3. The normalized spacial score (nSPS) is 13.6. The summed E-state index contributed by atoms with van der Waals surface area (Å²) in [5, 5.41) is 2.30. The van der Waals surface area contributed by atoms with E-state index in [1.165, 1.54) is 6.07 Å². The van der Waals surface area contributed by atoms with Gasteiger partial charge < -0.3 is 16.0 Å². The van der Waals surface area contributed by atoms with Crippen LogP contribution in [0.4, 0.5) is 30.2 Å². The predicted molar refractivity (Wildman–Crippen MR) is 104 cm³/mol. The van der Waals surface area contributed by atoms with Gasteiger partial charge in [0.05, 0.1) is 17.8 Å². The molecule has 0 spiro atoms. The standard InChI is InChI=1S/C18H17ClF3N3O.ClH/c19-11-6-7-15(13(9-11)18(20,21)22)24-17(26)10-25-8-2-3-12-14(23)4-1-5-16(12)25;/h1,4-7,9H,2-3,8,10,23H2,(H,24,26);1H. The number of rotatable bonds is 3. The van der Waals surface area contributed by atoms with Gasteiger partial charge in [-0.3, -0.25) is 4.79 Å². The van der Waals surface area contributed by atoms with Crippen LogP contribution in [0.1, 0.15) is 17.5 Å². The summed E-state index contributed by atoms with van der Waals surface area (Å²) in [6.45, 7) is 0.576. The summed E-state index contributed by atoms with van der Waals surface area (Å²) in [6.07, 6.45) is -2.97. The highest BCUT2D eigenvalue weighted by molar-refractivity contribution is 6.30. The lowest BCUT2D eigenvalue weighted by atomic mass is 10.00. The molecule has 9 heteroatoms. The molecule has 2 aromatic carbocycles. The van der Waals surface area contributed by atoms with Gasteiger partial charge in [-0.2, -0.15) is 13.2 Å². The van der Waals surface area contributed by atoms with E-state index in [1.807, 2.05) is 11.0 Å². The number of carbonyl (C=O) groups is 1. The summed E-state index contributed by atoms with van der Waals surface area (Å²) in [7, 11) is 0. The van der Waals surface area contributed by atoms with Crippen molar-refractivity contribution < 1.29 is 18.0 Å². The number of hydrogen-bond donors (Lipinski definition) is 2. The van der Waals surface area contributed by atoms with E-state index in [9.17, 15) is 18.0 Å². The summed E-state index contributed by atoms with van der Waals surface area (Å²) in [5.41, 5.74) is 7.17. The molecule has 1 heterocycles. The van der Waals surface area contributed by atoms with Gasteiger partial charge in [-0.15, -0.1) is 12.4 Å². The van der Waals surface area contributed by atoms with Crippen LogP contribution in [0.5, 0.6) is 0 Å². The molecule has 0 aromatic heterocycles. The molecule has 0 fully saturated rings. The first kappa shape index (κ1) is 21.2. The van der Waals surface area contributed by atoms with Crippen molar-refractivity contribution in [3.8, 4) is 0 Å². The minimum atomic E-state index is -4.61. The highest BCUT2D eigenvalue weighted by atomic mass is 35.5. The average Bonchev–Trinajstić information content (AvgIpc) is 2.56. The Morgan fingerprint density at radius 3 is 2.70 bits per heavy atom. The van der Waals surface area contributed by atoms with Crippen molar-refractivity contribution in [1.29, 1.82) is 0 Å². The Balaban J connectivity index is 0.00000261. The van der Waals surface area contributed by atoms with Crippen LogP contribution < -0.4 is 16.0 Å². The Kier molecular flexibility index (Phi) is 6.49. The fourth-order valence-corrected chi connectivity index (χ4v) is 3.29. The largest absolute Gasteiger partial charge is 0.418 e. The number of anilines is 3. The van der Waals surface area contributed by atoms with E-state index in [0.29, 0.717) is 12.2 Å². The highest BCUT2D eigenvalue weighted by Gasteiger charge is 2.34. The number of alkyl halides is 3. The van der Waals surface area contributed by atoms with E-state index >= 15 is 0 Å². The molecule has 1 aliphatic heterocycles. The molecule has 0 saturated carbocycles. The maximum absolute atomic E-state index is 13.1. The molecule has 27 heavy (non-hydrogen) atoms. The SMILES string of the molecule is Cl.Nc1cccc2c1CCCN2CC(=O)Nc1ccc(Cl)cc1C(F)(F)F. The van der Waals surface area contributed by atoms with Crippen molar-refractivity contribution in [3.63, 3.8) is 0 Å². The number of amides is 1. The van der Waals surface area contributed by atoms with E-state index in [0.717, 1.165) is 36.2 Å². The lowest BCUT2D eigenvalue weighted by Crippen LogP contribution is -2.37. The number of nitrogens with one attached hydrogen (secondary N) is 1. The molecular formula is C18H18Cl2F3N3O. The van der Waals surface area contributed by atoms with Gasteiger partial charge in [-0.1, -0.05) is 17.7 Å². The van der Waals surface area contributed by atoms with Gasteiger partial charge in [0.1, 0.15) is 0 Å². The van der Waals surface area contributed by atoms with Crippen molar-refractivity contribution >= 4 is 47.0 Å². The van der Waals surface area contributed by atoms with Crippen LogP contribution in [-0.4, -0.2) is 19.0 Å². The van der Waals surface area contributed by atoms with Crippen LogP contribution >= 0.6 is 24.0 Å². The Bertz CT molecular complexity index is 843. The molecule has 146 valence electrons. The second-order valence-electron chi connectivity index (χ2n) is 6.11. The lowest BCUT2D eigenvalue weighted by molar-refractivity contribution is -0.137. The minimum absolute atomic E-state index is 0. The summed E-state index contributed by atoms with van der Waals surface area (Å²) >= 11 is 5.65. The second-order valence-corrected chi connectivity index (χ2v) is 6.54. The Labute approximate surface area is 165 Å². The number of carbonyl (C=O) groups excluding carboxylic acids is 1. The Morgan fingerprint density at radius 1 is 1.26 bits per heavy atom. The molecule has 0 atom stereocenters. The van der Waals surface area contributed by atoms with Gasteiger partial charge in [0.25, 0.3) is 0 Å². The number of halogens is 5. The van der Waals surface area contributed by atoms with Gasteiger partial charge in [0, 0.05) is 22.9 Å². The second kappa shape index (κ2) is 8.27. The third-order valence-corrected chi connectivity index (χ3v) is 4.51. The molecule has 3 rings (SSSR count). The minimum Gasteiger partial charge on any atom is -0.398 e. The van der Waals surface area contributed by atoms with E-state index in [4.69, 9.17) is 17.3 Å². The van der Waals surface area contributed by atoms with Crippen molar-refractivity contribution in [1.82, 2.24) is 0 Å². The number of nitrogens with two attached hydrogens (primary N) is 1. The average molecular weight is 420 g/mol. The Morgan fingerprint density at radius 2 is 2.00 bits per heavy atom. The van der Waals surface area contributed by atoms with Crippen molar-refractivity contribution in [2.45, 2.75) is 19.0 Å². The molecule has 0 unspecified atom stereocenters. The van der Waals surface area contributed by atoms with Crippen LogP contribution in [0.15, 0.2) is 36.4 Å². The number of nitrogens with zero attached hydrogens (tertiary/aromatic N) is 1. The molecule has 0 radical (unpaired) electrons. The molecule has 1 amide bonds.